The number of rotatable bonds is 7. The van der Waals surface area contributed by atoms with Crippen molar-refractivity contribution in [2.75, 3.05) is 20.1 Å². The summed E-state index contributed by atoms with van der Waals surface area (Å²) in [4.78, 5) is 13.6. The van der Waals surface area contributed by atoms with E-state index < -0.39 is 5.54 Å². The molecule has 0 aliphatic heterocycles. The predicted octanol–water partition coefficient (Wildman–Crippen LogP) is 0.570. The Morgan fingerprint density at radius 2 is 2.07 bits per heavy atom. The van der Waals surface area contributed by atoms with Crippen molar-refractivity contribution in [2.45, 2.75) is 45.7 Å². The molecule has 0 saturated carbocycles. The number of nitrogens with one attached hydrogen (secondary N) is 1. The maximum absolute atomic E-state index is 11.4. The SMILES string of the molecule is CCNC(C)(CN(C)C(C)CC)C(N)=O. The first-order valence-corrected chi connectivity index (χ1v) is 5.62. The zero-order valence-corrected chi connectivity index (χ0v) is 10.6. The normalized spacial score (nSPS) is 17.5. The van der Waals surface area contributed by atoms with Crippen LogP contribution in [0, 0.1) is 0 Å². The molecule has 0 heterocycles. The van der Waals surface area contributed by atoms with E-state index >= 15 is 0 Å². The Kier molecular flexibility index (Phi) is 5.83. The topological polar surface area (TPSA) is 58.4 Å². The molecule has 3 N–H and O–H groups in total. The lowest BCUT2D eigenvalue weighted by atomic mass is 10.00. The number of nitrogens with zero attached hydrogens (tertiary/aromatic N) is 1. The molecular formula is C11H25N3O. The molecule has 0 spiro atoms. The Morgan fingerprint density at radius 1 is 1.53 bits per heavy atom. The summed E-state index contributed by atoms with van der Waals surface area (Å²) in [6.07, 6.45) is 1.07. The van der Waals surface area contributed by atoms with Crippen LogP contribution in [0.1, 0.15) is 34.1 Å². The monoisotopic (exact) mass is 215 g/mol. The second-order valence-corrected chi connectivity index (χ2v) is 4.40. The molecule has 0 saturated heterocycles. The van der Waals surface area contributed by atoms with E-state index in [1.54, 1.807) is 0 Å². The number of amides is 1. The van der Waals surface area contributed by atoms with Crippen LogP contribution in [0.4, 0.5) is 0 Å². The first-order valence-electron chi connectivity index (χ1n) is 5.62. The fraction of sp³-hybridized carbons (Fsp3) is 0.909. The van der Waals surface area contributed by atoms with E-state index in [0.717, 1.165) is 13.0 Å². The number of primary amides is 1. The Bertz CT molecular complexity index is 208. The number of carbonyl (C=O) groups excluding carboxylic acids is 1. The third kappa shape index (κ3) is 4.18. The van der Waals surface area contributed by atoms with Crippen LogP contribution in [-0.4, -0.2) is 42.5 Å². The number of carbonyl (C=O) groups is 1. The Labute approximate surface area is 93.2 Å². The van der Waals surface area contributed by atoms with Crippen molar-refractivity contribution in [1.82, 2.24) is 10.2 Å². The third-order valence-electron chi connectivity index (χ3n) is 3.02. The molecule has 2 atom stereocenters. The van der Waals surface area contributed by atoms with Crippen LogP contribution in [-0.2, 0) is 4.79 Å². The van der Waals surface area contributed by atoms with Crippen LogP contribution >= 0.6 is 0 Å². The van der Waals surface area contributed by atoms with Gasteiger partial charge in [-0.1, -0.05) is 13.8 Å². The average molecular weight is 215 g/mol. The van der Waals surface area contributed by atoms with E-state index in [-0.39, 0.29) is 5.91 Å². The number of nitrogens with two attached hydrogens (primary N) is 1. The minimum Gasteiger partial charge on any atom is -0.368 e. The van der Waals surface area contributed by atoms with E-state index in [1.807, 2.05) is 20.9 Å². The molecule has 0 aromatic carbocycles. The van der Waals surface area contributed by atoms with Gasteiger partial charge in [0.2, 0.25) is 5.91 Å². The van der Waals surface area contributed by atoms with Gasteiger partial charge in [0.1, 0.15) is 5.54 Å². The summed E-state index contributed by atoms with van der Waals surface area (Å²) < 4.78 is 0. The van der Waals surface area contributed by atoms with Gasteiger partial charge in [0.05, 0.1) is 0 Å². The van der Waals surface area contributed by atoms with Gasteiger partial charge in [-0.05, 0) is 33.9 Å². The molecule has 0 bridgehead atoms. The lowest BCUT2D eigenvalue weighted by molar-refractivity contribution is -0.124. The lowest BCUT2D eigenvalue weighted by Crippen LogP contribution is -2.59. The standard InChI is InChI=1S/C11H25N3O/c1-6-9(3)14(5)8-11(4,10(12)15)13-7-2/h9,13H,6-8H2,1-5H3,(H2,12,15). The van der Waals surface area contributed by atoms with E-state index in [2.05, 4.69) is 24.1 Å². The highest BCUT2D eigenvalue weighted by Crippen LogP contribution is 2.09. The number of hydrogen-bond donors (Lipinski definition) is 2. The fourth-order valence-corrected chi connectivity index (χ4v) is 1.58. The second-order valence-electron chi connectivity index (χ2n) is 4.40. The Balaban J connectivity index is 4.47. The van der Waals surface area contributed by atoms with Gasteiger partial charge in [0.25, 0.3) is 0 Å². The molecule has 4 nitrogen and oxygen atoms in total. The highest BCUT2D eigenvalue weighted by molar-refractivity contribution is 5.84. The van der Waals surface area contributed by atoms with Gasteiger partial charge >= 0.3 is 0 Å². The van der Waals surface area contributed by atoms with Crippen molar-refractivity contribution in [2.24, 2.45) is 5.73 Å². The highest BCUT2D eigenvalue weighted by atomic mass is 16.1. The largest absolute Gasteiger partial charge is 0.368 e. The summed E-state index contributed by atoms with van der Waals surface area (Å²) in [5.41, 5.74) is 4.79. The smallest absolute Gasteiger partial charge is 0.238 e. The van der Waals surface area contributed by atoms with Gasteiger partial charge < -0.3 is 16.0 Å². The fourth-order valence-electron chi connectivity index (χ4n) is 1.58. The van der Waals surface area contributed by atoms with Crippen molar-refractivity contribution < 1.29 is 4.79 Å². The number of likely N-dealkylation sites (N-methyl/N-ethyl adjacent to an activating group) is 2. The van der Waals surface area contributed by atoms with E-state index in [0.29, 0.717) is 12.6 Å². The molecule has 2 unspecified atom stereocenters. The Hall–Kier alpha value is -0.610. The average Bonchev–Trinajstić information content (AvgIpc) is 2.16. The van der Waals surface area contributed by atoms with E-state index in [9.17, 15) is 4.79 Å². The first kappa shape index (κ1) is 14.4. The lowest BCUT2D eigenvalue weighted by Gasteiger charge is -2.34. The van der Waals surface area contributed by atoms with Crippen LogP contribution < -0.4 is 11.1 Å². The number of hydrogen-bond acceptors (Lipinski definition) is 3. The molecule has 0 fully saturated rings. The van der Waals surface area contributed by atoms with Gasteiger partial charge in [0, 0.05) is 12.6 Å². The van der Waals surface area contributed by atoms with Crippen molar-refractivity contribution in [3.05, 3.63) is 0 Å². The minimum atomic E-state index is -0.632. The summed E-state index contributed by atoms with van der Waals surface area (Å²) in [6, 6.07) is 0.460. The zero-order chi connectivity index (χ0) is 12.1. The summed E-state index contributed by atoms with van der Waals surface area (Å²) >= 11 is 0. The second kappa shape index (κ2) is 6.08. The molecule has 0 rings (SSSR count). The third-order valence-corrected chi connectivity index (χ3v) is 3.02. The van der Waals surface area contributed by atoms with Crippen molar-refractivity contribution in [1.29, 1.82) is 0 Å². The molecule has 0 aliphatic rings. The Morgan fingerprint density at radius 3 is 2.40 bits per heavy atom. The quantitative estimate of drug-likeness (QED) is 0.653. The van der Waals surface area contributed by atoms with Gasteiger partial charge in [0.15, 0.2) is 0 Å². The minimum absolute atomic E-state index is 0.292. The van der Waals surface area contributed by atoms with Crippen LogP contribution in [0.2, 0.25) is 0 Å². The summed E-state index contributed by atoms with van der Waals surface area (Å²) in [7, 11) is 2.02. The summed E-state index contributed by atoms with van der Waals surface area (Å²) in [5, 5.41) is 3.15. The highest BCUT2D eigenvalue weighted by Gasteiger charge is 2.32. The van der Waals surface area contributed by atoms with Gasteiger partial charge in [-0.3, -0.25) is 4.79 Å². The van der Waals surface area contributed by atoms with Crippen molar-refractivity contribution in [3.63, 3.8) is 0 Å². The summed E-state index contributed by atoms with van der Waals surface area (Å²) in [5.74, 6) is -0.292. The molecule has 0 radical (unpaired) electrons. The van der Waals surface area contributed by atoms with Gasteiger partial charge in [-0.2, -0.15) is 0 Å². The van der Waals surface area contributed by atoms with Crippen LogP contribution in [0.5, 0.6) is 0 Å². The molecule has 90 valence electrons. The van der Waals surface area contributed by atoms with Crippen LogP contribution in [0.25, 0.3) is 0 Å². The molecule has 4 heteroatoms. The van der Waals surface area contributed by atoms with Crippen molar-refractivity contribution >= 4 is 5.91 Å². The van der Waals surface area contributed by atoms with Gasteiger partial charge in [-0.15, -0.1) is 0 Å². The molecule has 0 aromatic heterocycles. The van der Waals surface area contributed by atoms with E-state index in [1.165, 1.54) is 0 Å². The zero-order valence-electron chi connectivity index (χ0n) is 10.6. The maximum Gasteiger partial charge on any atom is 0.238 e. The molecule has 15 heavy (non-hydrogen) atoms. The van der Waals surface area contributed by atoms with Crippen molar-refractivity contribution in [3.8, 4) is 0 Å². The molecular weight excluding hydrogens is 190 g/mol. The van der Waals surface area contributed by atoms with Crippen LogP contribution in [0.15, 0.2) is 0 Å². The first-order chi connectivity index (χ1) is 6.87. The molecule has 0 aromatic rings. The summed E-state index contributed by atoms with van der Waals surface area (Å²) in [6.45, 7) is 9.50. The van der Waals surface area contributed by atoms with E-state index in [4.69, 9.17) is 5.73 Å². The van der Waals surface area contributed by atoms with Crippen LogP contribution in [0.3, 0.4) is 0 Å². The predicted molar refractivity (Wildman–Crippen MR) is 63.7 cm³/mol. The molecule has 1 amide bonds. The van der Waals surface area contributed by atoms with Gasteiger partial charge in [-0.25, -0.2) is 0 Å². The maximum atomic E-state index is 11.4. The molecule has 0 aliphatic carbocycles.